The first kappa shape index (κ1) is 21.3. The van der Waals surface area contributed by atoms with E-state index in [4.69, 9.17) is 10.1 Å². The van der Waals surface area contributed by atoms with Gasteiger partial charge in [0.25, 0.3) is 0 Å². The first-order chi connectivity index (χ1) is 15.5. The van der Waals surface area contributed by atoms with Gasteiger partial charge in [-0.05, 0) is 37.3 Å². The predicted molar refractivity (Wildman–Crippen MR) is 116 cm³/mol. The van der Waals surface area contributed by atoms with Gasteiger partial charge in [-0.2, -0.15) is 15.1 Å². The maximum absolute atomic E-state index is 12.1. The van der Waals surface area contributed by atoms with Crippen molar-refractivity contribution in [3.63, 3.8) is 0 Å². The molecule has 1 fully saturated rings. The van der Waals surface area contributed by atoms with Crippen LogP contribution in [0.1, 0.15) is 35.9 Å². The van der Waals surface area contributed by atoms with Crippen molar-refractivity contribution in [2.45, 2.75) is 37.5 Å². The average Bonchev–Trinajstić information content (AvgIpc) is 3.66. The summed E-state index contributed by atoms with van der Waals surface area (Å²) in [7, 11) is 1.57. The van der Waals surface area contributed by atoms with Gasteiger partial charge in [-0.15, -0.1) is 0 Å². The van der Waals surface area contributed by atoms with Gasteiger partial charge < -0.3 is 15.2 Å². The first-order valence-electron chi connectivity index (χ1n) is 10.4. The molecule has 32 heavy (non-hydrogen) atoms. The van der Waals surface area contributed by atoms with Crippen molar-refractivity contribution >= 4 is 5.87 Å². The molecule has 0 bridgehead atoms. The molecule has 2 aromatic rings. The van der Waals surface area contributed by atoms with Crippen LogP contribution in [0.2, 0.25) is 0 Å². The lowest BCUT2D eigenvalue weighted by Crippen LogP contribution is -2.66. The Balaban J connectivity index is 2.07. The molecule has 1 saturated carbocycles. The Hall–Kier alpha value is -3.90. The lowest BCUT2D eigenvalue weighted by molar-refractivity contribution is -0.742. The van der Waals surface area contributed by atoms with Crippen molar-refractivity contribution < 1.29 is 14.4 Å². The van der Waals surface area contributed by atoms with Gasteiger partial charge in [0.2, 0.25) is 11.8 Å². The number of pyridine rings is 1. The number of nitrogens with one attached hydrogen (secondary N) is 2. The molecular weight excluding hydrogens is 402 g/mol. The quantitative estimate of drug-likeness (QED) is 0.386. The first-order valence-corrected chi connectivity index (χ1v) is 10.4. The standard InChI is InChI=1S/C25H24N5O2/c1-16-9-11-30(12-10-16)24-22(19-5-3-4-6-21(19)32-2)20(15-28)23(17(13-26)14-27)29-25(24,31)18-7-8-18/h3-6,9-12,18,22,24,26,29,31H,7-8H2,1-2H3/q+1/t22-,24+,25+/m1/s1. The van der Waals surface area contributed by atoms with Gasteiger partial charge in [0.1, 0.15) is 17.4 Å². The molecule has 1 aliphatic carbocycles. The molecule has 3 N–H and O–H groups in total. The van der Waals surface area contributed by atoms with Crippen LogP contribution in [0.3, 0.4) is 0 Å². The third-order valence-corrected chi connectivity index (χ3v) is 6.29. The van der Waals surface area contributed by atoms with Gasteiger partial charge in [-0.3, -0.25) is 5.41 Å². The normalized spacial score (nSPS) is 24.5. The molecule has 3 atom stereocenters. The van der Waals surface area contributed by atoms with E-state index in [1.165, 1.54) is 0 Å². The third-order valence-electron chi connectivity index (χ3n) is 6.29. The van der Waals surface area contributed by atoms with E-state index in [1.807, 2.05) is 66.4 Å². The summed E-state index contributed by atoms with van der Waals surface area (Å²) in [6.45, 7) is 1.99. The molecule has 7 heteroatoms. The third kappa shape index (κ3) is 3.44. The summed E-state index contributed by atoms with van der Waals surface area (Å²) < 4.78 is 7.54. The topological polar surface area (TPSA) is 117 Å². The average molecular weight is 427 g/mol. The number of benzene rings is 1. The van der Waals surface area contributed by atoms with E-state index in [2.05, 4.69) is 17.3 Å². The van der Waals surface area contributed by atoms with E-state index in [-0.39, 0.29) is 22.8 Å². The molecule has 2 heterocycles. The highest BCUT2D eigenvalue weighted by Crippen LogP contribution is 2.53. The van der Waals surface area contributed by atoms with Crippen LogP contribution in [0.5, 0.6) is 5.75 Å². The molecule has 1 aromatic carbocycles. The highest BCUT2D eigenvalue weighted by molar-refractivity contribution is 5.71. The molecule has 7 nitrogen and oxygen atoms in total. The summed E-state index contributed by atoms with van der Waals surface area (Å²) >= 11 is 0. The van der Waals surface area contributed by atoms with E-state index < -0.39 is 17.7 Å². The van der Waals surface area contributed by atoms with Crippen molar-refractivity contribution in [2.75, 3.05) is 7.11 Å². The highest BCUT2D eigenvalue weighted by Gasteiger charge is 2.61. The fraction of sp³-hybridized carbons (Fsp3) is 0.320. The number of aliphatic hydroxyl groups is 1. The molecule has 1 aliphatic heterocycles. The van der Waals surface area contributed by atoms with Crippen LogP contribution in [-0.4, -0.2) is 23.8 Å². The van der Waals surface area contributed by atoms with E-state index >= 15 is 0 Å². The number of aromatic nitrogens is 1. The second-order valence-corrected chi connectivity index (χ2v) is 8.22. The number of allylic oxidation sites excluding steroid dienone is 2. The largest absolute Gasteiger partial charge is 0.496 e. The Morgan fingerprint density at radius 3 is 2.47 bits per heavy atom. The van der Waals surface area contributed by atoms with Gasteiger partial charge in [0.15, 0.2) is 12.4 Å². The lowest BCUT2D eigenvalue weighted by atomic mass is 9.73. The molecule has 160 valence electrons. The SMILES string of the molecule is COc1ccccc1[C@@H]1C(C#N)=C(C(=C=N)C#N)N[C@](O)(C2CC2)[C@H]1[n+]1ccc(C)cc1. The molecule has 0 saturated heterocycles. The summed E-state index contributed by atoms with van der Waals surface area (Å²) in [6.07, 6.45) is 5.43. The van der Waals surface area contributed by atoms with Crippen LogP contribution < -0.4 is 14.6 Å². The van der Waals surface area contributed by atoms with Crippen molar-refractivity contribution in [2.24, 2.45) is 5.92 Å². The second-order valence-electron chi connectivity index (χ2n) is 8.22. The number of hydrogen-bond donors (Lipinski definition) is 3. The summed E-state index contributed by atoms with van der Waals surface area (Å²) in [5.41, 5.74) is 0.649. The summed E-state index contributed by atoms with van der Waals surface area (Å²) in [5.74, 6) is 2.02. The van der Waals surface area contributed by atoms with E-state index in [0.29, 0.717) is 5.75 Å². The minimum atomic E-state index is -1.44. The lowest BCUT2D eigenvalue weighted by Gasteiger charge is -2.43. The van der Waals surface area contributed by atoms with Crippen LogP contribution in [0.4, 0.5) is 0 Å². The van der Waals surface area contributed by atoms with Crippen LogP contribution >= 0.6 is 0 Å². The zero-order valence-electron chi connectivity index (χ0n) is 18.0. The number of methoxy groups -OCH3 is 1. The predicted octanol–water partition coefficient (Wildman–Crippen LogP) is 2.79. The van der Waals surface area contributed by atoms with E-state index in [9.17, 15) is 15.6 Å². The number of para-hydroxylation sites is 1. The zero-order valence-corrected chi connectivity index (χ0v) is 18.0. The maximum Gasteiger partial charge on any atom is 0.217 e. The van der Waals surface area contributed by atoms with Gasteiger partial charge in [0.05, 0.1) is 30.4 Å². The highest BCUT2D eigenvalue weighted by atomic mass is 16.5. The number of nitriles is 2. The van der Waals surface area contributed by atoms with Crippen LogP contribution in [0, 0.1) is 40.9 Å². The molecule has 4 rings (SSSR count). The van der Waals surface area contributed by atoms with E-state index in [1.54, 1.807) is 7.11 Å². The Kier molecular flexibility index (Phi) is 5.55. The van der Waals surface area contributed by atoms with Crippen molar-refractivity contribution in [1.82, 2.24) is 5.32 Å². The van der Waals surface area contributed by atoms with Gasteiger partial charge in [-0.25, -0.2) is 0 Å². The van der Waals surface area contributed by atoms with Gasteiger partial charge in [0, 0.05) is 23.6 Å². The molecule has 1 aromatic heterocycles. The second kappa shape index (κ2) is 8.32. The minimum absolute atomic E-state index is 0.0700. The fourth-order valence-corrected chi connectivity index (χ4v) is 4.59. The smallest absolute Gasteiger partial charge is 0.217 e. The van der Waals surface area contributed by atoms with E-state index in [0.717, 1.165) is 24.0 Å². The van der Waals surface area contributed by atoms with Gasteiger partial charge in [-0.1, -0.05) is 18.2 Å². The maximum atomic E-state index is 12.1. The van der Waals surface area contributed by atoms with Crippen molar-refractivity contribution in [1.29, 1.82) is 15.9 Å². The van der Waals surface area contributed by atoms with Crippen LogP contribution in [0.25, 0.3) is 0 Å². The Bertz CT molecular complexity index is 1210. The van der Waals surface area contributed by atoms with Crippen LogP contribution in [0.15, 0.2) is 65.6 Å². The Morgan fingerprint density at radius 2 is 1.91 bits per heavy atom. The zero-order chi connectivity index (χ0) is 22.9. The summed E-state index contributed by atoms with van der Waals surface area (Å²) in [5, 5.41) is 42.6. The number of aryl methyl sites for hydroxylation is 1. The molecule has 0 amide bonds. The molecular formula is C25H24N5O2+. The van der Waals surface area contributed by atoms with Crippen molar-refractivity contribution in [3.8, 4) is 17.9 Å². The molecule has 0 radical (unpaired) electrons. The number of nitrogens with zero attached hydrogens (tertiary/aromatic N) is 3. The number of hydrogen-bond acceptors (Lipinski definition) is 6. The number of rotatable bonds is 5. The molecule has 0 unspecified atom stereocenters. The fourth-order valence-electron chi connectivity index (χ4n) is 4.59. The summed E-state index contributed by atoms with van der Waals surface area (Å²) in [6, 6.07) is 14.9. The molecule has 2 aliphatic rings. The molecule has 0 spiro atoms. The summed E-state index contributed by atoms with van der Waals surface area (Å²) in [4.78, 5) is 0. The van der Waals surface area contributed by atoms with Gasteiger partial charge >= 0.3 is 0 Å². The minimum Gasteiger partial charge on any atom is -0.496 e. The Morgan fingerprint density at radius 1 is 1.22 bits per heavy atom. The Labute approximate surface area is 187 Å². The van der Waals surface area contributed by atoms with Crippen molar-refractivity contribution in [3.05, 3.63) is 76.8 Å². The monoisotopic (exact) mass is 426 g/mol. The van der Waals surface area contributed by atoms with Crippen LogP contribution in [-0.2, 0) is 0 Å². The number of ether oxygens (including phenoxy) is 1.